The summed E-state index contributed by atoms with van der Waals surface area (Å²) in [5.74, 6) is 0.626. The standard InChI is InChI=1S/C19H20N2O3S/c1-12-18(22)21-15-11-14(7-8-17(15)25-12)19(23)20-10-9-13-5-3-4-6-16(13)24-2/h3-8,11-12H,9-10H2,1-2H3,(H,20,23)(H,21,22)/t12-/m1/s1. The van der Waals surface area contributed by atoms with Crippen LogP contribution in [0.5, 0.6) is 5.75 Å². The first-order valence-corrected chi connectivity index (χ1v) is 8.98. The van der Waals surface area contributed by atoms with Crippen molar-refractivity contribution in [3.63, 3.8) is 0 Å². The van der Waals surface area contributed by atoms with Gasteiger partial charge in [0.05, 0.1) is 18.0 Å². The molecule has 5 nitrogen and oxygen atoms in total. The molecule has 0 aliphatic carbocycles. The molecule has 1 aliphatic rings. The maximum Gasteiger partial charge on any atom is 0.251 e. The van der Waals surface area contributed by atoms with Gasteiger partial charge in [-0.25, -0.2) is 0 Å². The van der Waals surface area contributed by atoms with Crippen molar-refractivity contribution in [2.24, 2.45) is 0 Å². The average Bonchev–Trinajstić information content (AvgIpc) is 2.62. The van der Waals surface area contributed by atoms with Crippen molar-refractivity contribution in [1.82, 2.24) is 5.32 Å². The normalized spacial score (nSPS) is 15.9. The van der Waals surface area contributed by atoms with Gasteiger partial charge in [0.15, 0.2) is 0 Å². The molecule has 2 aromatic rings. The van der Waals surface area contributed by atoms with Crippen LogP contribution in [0.2, 0.25) is 0 Å². The summed E-state index contributed by atoms with van der Waals surface area (Å²) >= 11 is 1.50. The Morgan fingerprint density at radius 2 is 2.08 bits per heavy atom. The lowest BCUT2D eigenvalue weighted by Gasteiger charge is -2.21. The minimum atomic E-state index is -0.157. The van der Waals surface area contributed by atoms with Crippen LogP contribution in [0.1, 0.15) is 22.8 Å². The maximum absolute atomic E-state index is 12.4. The van der Waals surface area contributed by atoms with E-state index in [1.807, 2.05) is 37.3 Å². The minimum absolute atomic E-state index is 0.0359. The summed E-state index contributed by atoms with van der Waals surface area (Å²) < 4.78 is 5.31. The molecule has 130 valence electrons. The summed E-state index contributed by atoms with van der Waals surface area (Å²) in [7, 11) is 1.64. The quantitative estimate of drug-likeness (QED) is 0.864. The molecule has 0 saturated heterocycles. The zero-order chi connectivity index (χ0) is 17.8. The van der Waals surface area contributed by atoms with E-state index in [2.05, 4.69) is 10.6 Å². The second-order valence-electron chi connectivity index (χ2n) is 5.78. The van der Waals surface area contributed by atoms with E-state index >= 15 is 0 Å². The van der Waals surface area contributed by atoms with Gasteiger partial charge in [0.25, 0.3) is 5.91 Å². The van der Waals surface area contributed by atoms with E-state index in [4.69, 9.17) is 4.74 Å². The highest BCUT2D eigenvalue weighted by Gasteiger charge is 2.23. The third kappa shape index (κ3) is 3.96. The van der Waals surface area contributed by atoms with Crippen molar-refractivity contribution in [1.29, 1.82) is 0 Å². The predicted molar refractivity (Wildman–Crippen MR) is 99.4 cm³/mol. The van der Waals surface area contributed by atoms with Gasteiger partial charge in [-0.1, -0.05) is 18.2 Å². The Bertz CT molecular complexity index is 807. The van der Waals surface area contributed by atoms with E-state index in [0.29, 0.717) is 24.2 Å². The number of carbonyl (C=O) groups excluding carboxylic acids is 2. The van der Waals surface area contributed by atoms with Crippen molar-refractivity contribution < 1.29 is 14.3 Å². The molecule has 1 atom stereocenters. The molecule has 3 rings (SSSR count). The number of amides is 2. The number of methoxy groups -OCH3 is 1. The third-order valence-corrected chi connectivity index (χ3v) is 5.22. The van der Waals surface area contributed by atoms with E-state index in [1.54, 1.807) is 19.2 Å². The van der Waals surface area contributed by atoms with Gasteiger partial charge in [-0.15, -0.1) is 11.8 Å². The molecular formula is C19H20N2O3S. The molecule has 0 saturated carbocycles. The number of hydrogen-bond donors (Lipinski definition) is 2. The SMILES string of the molecule is COc1ccccc1CCNC(=O)c1ccc2c(c1)NC(=O)[C@@H](C)S2. The Morgan fingerprint density at radius 1 is 1.28 bits per heavy atom. The average molecular weight is 356 g/mol. The first-order chi connectivity index (χ1) is 12.1. The molecule has 25 heavy (non-hydrogen) atoms. The molecule has 0 aromatic heterocycles. The second-order valence-corrected chi connectivity index (χ2v) is 7.16. The van der Waals surface area contributed by atoms with Crippen LogP contribution in [0.15, 0.2) is 47.4 Å². The van der Waals surface area contributed by atoms with Crippen LogP contribution in [0.3, 0.4) is 0 Å². The fraction of sp³-hybridized carbons (Fsp3) is 0.263. The highest BCUT2D eigenvalue weighted by Crippen LogP contribution is 2.35. The lowest BCUT2D eigenvalue weighted by atomic mass is 10.1. The van der Waals surface area contributed by atoms with Crippen LogP contribution in [0.25, 0.3) is 0 Å². The third-order valence-electron chi connectivity index (χ3n) is 4.05. The molecule has 2 N–H and O–H groups in total. The molecule has 2 amide bonds. The summed E-state index contributed by atoms with van der Waals surface area (Å²) in [6, 6.07) is 13.1. The van der Waals surface area contributed by atoms with Gasteiger partial charge in [-0.2, -0.15) is 0 Å². The van der Waals surface area contributed by atoms with Crippen LogP contribution in [0, 0.1) is 0 Å². The van der Waals surface area contributed by atoms with E-state index < -0.39 is 0 Å². The van der Waals surface area contributed by atoms with Crippen molar-refractivity contribution in [2.75, 3.05) is 19.0 Å². The molecule has 1 aliphatic heterocycles. The molecule has 0 unspecified atom stereocenters. The largest absolute Gasteiger partial charge is 0.496 e. The number of fused-ring (bicyclic) bond motifs is 1. The fourth-order valence-electron chi connectivity index (χ4n) is 2.67. The number of ether oxygens (including phenoxy) is 1. The van der Waals surface area contributed by atoms with Gasteiger partial charge in [0, 0.05) is 17.0 Å². The van der Waals surface area contributed by atoms with Crippen molar-refractivity contribution >= 4 is 29.3 Å². The number of thioether (sulfide) groups is 1. The van der Waals surface area contributed by atoms with Crippen molar-refractivity contribution in [3.8, 4) is 5.75 Å². The Kier molecular flexibility index (Phi) is 5.28. The first kappa shape index (κ1) is 17.4. The van der Waals surface area contributed by atoms with E-state index in [1.165, 1.54) is 11.8 Å². The topological polar surface area (TPSA) is 67.4 Å². The van der Waals surface area contributed by atoms with Gasteiger partial charge in [-0.3, -0.25) is 9.59 Å². The molecular weight excluding hydrogens is 336 g/mol. The van der Waals surface area contributed by atoms with Crippen molar-refractivity contribution in [3.05, 3.63) is 53.6 Å². The number of rotatable bonds is 5. The summed E-state index contributed by atoms with van der Waals surface area (Å²) in [6.45, 7) is 2.37. The summed E-state index contributed by atoms with van der Waals surface area (Å²) in [6.07, 6.45) is 0.685. The fourth-order valence-corrected chi connectivity index (χ4v) is 3.60. The van der Waals surface area contributed by atoms with Crippen LogP contribution in [-0.4, -0.2) is 30.7 Å². The van der Waals surface area contributed by atoms with Crippen LogP contribution >= 0.6 is 11.8 Å². The minimum Gasteiger partial charge on any atom is -0.496 e. The van der Waals surface area contributed by atoms with Gasteiger partial charge in [0.1, 0.15) is 5.75 Å². The Balaban J connectivity index is 1.62. The molecule has 0 bridgehead atoms. The predicted octanol–water partition coefficient (Wildman–Crippen LogP) is 3.10. The lowest BCUT2D eigenvalue weighted by molar-refractivity contribution is -0.115. The monoisotopic (exact) mass is 356 g/mol. The van der Waals surface area contributed by atoms with Gasteiger partial charge >= 0.3 is 0 Å². The summed E-state index contributed by atoms with van der Waals surface area (Å²) in [5.41, 5.74) is 2.29. The van der Waals surface area contributed by atoms with Crippen LogP contribution in [0.4, 0.5) is 5.69 Å². The molecule has 0 fully saturated rings. The molecule has 2 aromatic carbocycles. The van der Waals surface area contributed by atoms with E-state index in [0.717, 1.165) is 16.2 Å². The lowest BCUT2D eigenvalue weighted by Crippen LogP contribution is -2.28. The Hall–Kier alpha value is -2.47. The zero-order valence-electron chi connectivity index (χ0n) is 14.2. The van der Waals surface area contributed by atoms with E-state index in [9.17, 15) is 9.59 Å². The van der Waals surface area contributed by atoms with Crippen molar-refractivity contribution in [2.45, 2.75) is 23.5 Å². The second kappa shape index (κ2) is 7.61. The zero-order valence-corrected chi connectivity index (χ0v) is 15.0. The highest BCUT2D eigenvalue weighted by atomic mass is 32.2. The number of benzene rings is 2. The summed E-state index contributed by atoms with van der Waals surface area (Å²) in [4.78, 5) is 25.1. The van der Waals surface area contributed by atoms with Gasteiger partial charge in [0.2, 0.25) is 5.91 Å². The summed E-state index contributed by atoms with van der Waals surface area (Å²) in [5, 5.41) is 5.64. The Morgan fingerprint density at radius 3 is 2.88 bits per heavy atom. The first-order valence-electron chi connectivity index (χ1n) is 8.10. The number of para-hydroxylation sites is 1. The number of anilines is 1. The molecule has 0 radical (unpaired) electrons. The smallest absolute Gasteiger partial charge is 0.251 e. The van der Waals surface area contributed by atoms with Crippen LogP contribution < -0.4 is 15.4 Å². The number of carbonyl (C=O) groups is 2. The van der Waals surface area contributed by atoms with Gasteiger partial charge < -0.3 is 15.4 Å². The maximum atomic E-state index is 12.4. The number of hydrogen-bond acceptors (Lipinski definition) is 4. The van der Waals surface area contributed by atoms with Crippen LogP contribution in [-0.2, 0) is 11.2 Å². The molecule has 6 heteroatoms. The van der Waals surface area contributed by atoms with Gasteiger partial charge in [-0.05, 0) is 43.2 Å². The molecule has 1 heterocycles. The number of nitrogens with one attached hydrogen (secondary N) is 2. The Labute approximate surface area is 151 Å². The highest BCUT2D eigenvalue weighted by molar-refractivity contribution is 8.00. The molecule has 0 spiro atoms. The van der Waals surface area contributed by atoms with E-state index in [-0.39, 0.29) is 17.1 Å².